The van der Waals surface area contributed by atoms with Gasteiger partial charge >= 0.3 is 5.97 Å². The predicted octanol–water partition coefficient (Wildman–Crippen LogP) is 1.78. The lowest BCUT2D eigenvalue weighted by molar-refractivity contribution is -0.146. The first-order valence-electron chi connectivity index (χ1n) is 6.48. The first kappa shape index (κ1) is 14.1. The molecule has 1 fully saturated rings. The Labute approximate surface area is 117 Å². The van der Waals surface area contributed by atoms with Crippen molar-refractivity contribution in [2.75, 3.05) is 13.7 Å². The van der Waals surface area contributed by atoms with Crippen LogP contribution in [-0.4, -0.2) is 41.6 Å². The number of aliphatic carboxylic acids is 1. The molecule has 0 saturated carbocycles. The van der Waals surface area contributed by atoms with Crippen LogP contribution in [0, 0.1) is 0 Å². The van der Waals surface area contributed by atoms with Gasteiger partial charge in [-0.1, -0.05) is 18.2 Å². The third kappa shape index (κ3) is 2.99. The first-order valence-corrected chi connectivity index (χ1v) is 6.48. The van der Waals surface area contributed by atoms with Crippen LogP contribution in [0.5, 0.6) is 5.75 Å². The quantitative estimate of drug-likeness (QED) is 0.851. The number of carbonyl (C=O) groups is 2. The Morgan fingerprint density at radius 1 is 1.40 bits per heavy atom. The van der Waals surface area contributed by atoms with Crippen molar-refractivity contribution < 1.29 is 19.4 Å². The van der Waals surface area contributed by atoms with E-state index in [1.54, 1.807) is 19.3 Å². The average Bonchev–Trinajstić information content (AvgIpc) is 2.94. The van der Waals surface area contributed by atoms with Crippen LogP contribution in [0.3, 0.4) is 0 Å². The summed E-state index contributed by atoms with van der Waals surface area (Å²) in [6.45, 7) is 0.492. The fraction of sp³-hybridized carbons (Fsp3) is 0.333. The van der Waals surface area contributed by atoms with E-state index >= 15 is 0 Å². The topological polar surface area (TPSA) is 66.8 Å². The molecular weight excluding hydrogens is 258 g/mol. The van der Waals surface area contributed by atoms with Crippen LogP contribution in [0.1, 0.15) is 18.4 Å². The van der Waals surface area contributed by atoms with Crippen molar-refractivity contribution >= 4 is 18.0 Å². The second-order valence-electron chi connectivity index (χ2n) is 4.60. The molecule has 1 atom stereocenters. The summed E-state index contributed by atoms with van der Waals surface area (Å²) >= 11 is 0. The highest BCUT2D eigenvalue weighted by molar-refractivity contribution is 5.95. The van der Waals surface area contributed by atoms with E-state index in [0.29, 0.717) is 18.7 Å². The molecule has 0 bridgehead atoms. The van der Waals surface area contributed by atoms with Gasteiger partial charge in [0, 0.05) is 18.2 Å². The number of hydrogen-bond acceptors (Lipinski definition) is 3. The number of nitrogens with zero attached hydrogens (tertiary/aromatic N) is 1. The SMILES string of the molecule is COc1ccccc1/C=C/C(=O)N1CCC[C@H]1C(=O)O. The summed E-state index contributed by atoms with van der Waals surface area (Å²) in [4.78, 5) is 24.5. The van der Waals surface area contributed by atoms with Crippen LogP contribution < -0.4 is 4.74 Å². The largest absolute Gasteiger partial charge is 0.496 e. The van der Waals surface area contributed by atoms with Gasteiger partial charge in [0.15, 0.2) is 0 Å². The Kier molecular flexibility index (Phi) is 4.40. The summed E-state index contributed by atoms with van der Waals surface area (Å²) in [6.07, 6.45) is 4.30. The molecule has 1 saturated heterocycles. The third-order valence-electron chi connectivity index (χ3n) is 3.37. The minimum atomic E-state index is -0.943. The van der Waals surface area contributed by atoms with Crippen molar-refractivity contribution in [1.29, 1.82) is 0 Å². The molecule has 0 spiro atoms. The maximum atomic E-state index is 12.1. The van der Waals surface area contributed by atoms with E-state index < -0.39 is 12.0 Å². The average molecular weight is 275 g/mol. The van der Waals surface area contributed by atoms with Crippen LogP contribution in [-0.2, 0) is 9.59 Å². The van der Waals surface area contributed by atoms with Crippen LogP contribution in [0.4, 0.5) is 0 Å². The molecule has 5 nitrogen and oxygen atoms in total. The minimum Gasteiger partial charge on any atom is -0.496 e. The number of para-hydroxylation sites is 1. The molecule has 0 radical (unpaired) electrons. The molecule has 106 valence electrons. The molecule has 0 unspecified atom stereocenters. The van der Waals surface area contributed by atoms with Crippen molar-refractivity contribution in [1.82, 2.24) is 4.90 Å². The molecule has 5 heteroatoms. The summed E-state index contributed by atoms with van der Waals surface area (Å²) in [5, 5.41) is 9.06. The number of carbonyl (C=O) groups excluding carboxylic acids is 1. The number of carboxylic acids is 1. The van der Waals surface area contributed by atoms with Crippen molar-refractivity contribution in [3.05, 3.63) is 35.9 Å². The summed E-state index contributed by atoms with van der Waals surface area (Å²) < 4.78 is 5.19. The fourth-order valence-corrected chi connectivity index (χ4v) is 2.35. The molecule has 1 N–H and O–H groups in total. The number of likely N-dealkylation sites (tertiary alicyclic amines) is 1. The molecule has 1 aromatic rings. The highest BCUT2D eigenvalue weighted by Crippen LogP contribution is 2.21. The van der Waals surface area contributed by atoms with Gasteiger partial charge in [0.05, 0.1) is 7.11 Å². The zero-order valence-corrected chi connectivity index (χ0v) is 11.3. The highest BCUT2D eigenvalue weighted by Gasteiger charge is 2.32. The molecule has 20 heavy (non-hydrogen) atoms. The number of rotatable bonds is 4. The Hall–Kier alpha value is -2.30. The summed E-state index contributed by atoms with van der Waals surface area (Å²) in [7, 11) is 1.56. The minimum absolute atomic E-state index is 0.277. The number of carboxylic acid groups (broad SMARTS) is 1. The van der Waals surface area contributed by atoms with Crippen LogP contribution in [0.15, 0.2) is 30.3 Å². The Bertz CT molecular complexity index is 538. The van der Waals surface area contributed by atoms with Gasteiger partial charge in [0.2, 0.25) is 5.91 Å². The first-order chi connectivity index (χ1) is 9.63. The van der Waals surface area contributed by atoms with Crippen molar-refractivity contribution in [3.63, 3.8) is 0 Å². The van der Waals surface area contributed by atoms with Gasteiger partial charge in [-0.3, -0.25) is 4.79 Å². The van der Waals surface area contributed by atoms with Gasteiger partial charge in [0.25, 0.3) is 0 Å². The monoisotopic (exact) mass is 275 g/mol. The van der Waals surface area contributed by atoms with Crippen molar-refractivity contribution in [3.8, 4) is 5.75 Å². The van der Waals surface area contributed by atoms with E-state index in [1.165, 1.54) is 11.0 Å². The Morgan fingerprint density at radius 2 is 2.15 bits per heavy atom. The second kappa shape index (κ2) is 6.23. The van der Waals surface area contributed by atoms with Crippen molar-refractivity contribution in [2.45, 2.75) is 18.9 Å². The van der Waals surface area contributed by atoms with Crippen molar-refractivity contribution in [2.24, 2.45) is 0 Å². The molecule has 1 amide bonds. The maximum Gasteiger partial charge on any atom is 0.326 e. The highest BCUT2D eigenvalue weighted by atomic mass is 16.5. The molecule has 2 rings (SSSR count). The Morgan fingerprint density at radius 3 is 2.85 bits per heavy atom. The van der Waals surface area contributed by atoms with Crippen LogP contribution >= 0.6 is 0 Å². The van der Waals surface area contributed by atoms with Gasteiger partial charge in [-0.15, -0.1) is 0 Å². The van der Waals surface area contributed by atoms with Gasteiger partial charge in [0.1, 0.15) is 11.8 Å². The number of benzene rings is 1. The van der Waals surface area contributed by atoms with Gasteiger partial charge < -0.3 is 14.7 Å². The molecule has 1 aliphatic rings. The lowest BCUT2D eigenvalue weighted by Gasteiger charge is -2.19. The van der Waals surface area contributed by atoms with E-state index in [-0.39, 0.29) is 5.91 Å². The van der Waals surface area contributed by atoms with E-state index in [2.05, 4.69) is 0 Å². The Balaban J connectivity index is 2.11. The summed E-state index contributed by atoms with van der Waals surface area (Å²) in [5.74, 6) is -0.546. The van der Waals surface area contributed by atoms with E-state index in [9.17, 15) is 9.59 Å². The third-order valence-corrected chi connectivity index (χ3v) is 3.37. The number of ether oxygens (including phenoxy) is 1. The number of hydrogen-bond donors (Lipinski definition) is 1. The number of methoxy groups -OCH3 is 1. The van der Waals surface area contributed by atoms with Crippen LogP contribution in [0.25, 0.3) is 6.08 Å². The summed E-state index contributed by atoms with van der Waals surface area (Å²) in [6, 6.07) is 6.63. The van der Waals surface area contributed by atoms with Gasteiger partial charge in [-0.25, -0.2) is 4.79 Å². The molecule has 0 aliphatic carbocycles. The maximum absolute atomic E-state index is 12.1. The molecule has 0 aromatic heterocycles. The van der Waals surface area contributed by atoms with E-state index in [4.69, 9.17) is 9.84 Å². The van der Waals surface area contributed by atoms with Gasteiger partial charge in [-0.05, 0) is 25.0 Å². The van der Waals surface area contributed by atoms with E-state index in [1.807, 2.05) is 18.2 Å². The molecular formula is C15H17NO4. The molecule has 1 aliphatic heterocycles. The lowest BCUT2D eigenvalue weighted by Crippen LogP contribution is -2.39. The van der Waals surface area contributed by atoms with Crippen LogP contribution in [0.2, 0.25) is 0 Å². The van der Waals surface area contributed by atoms with E-state index in [0.717, 1.165) is 12.0 Å². The zero-order chi connectivity index (χ0) is 14.5. The fourth-order valence-electron chi connectivity index (χ4n) is 2.35. The lowest BCUT2D eigenvalue weighted by atomic mass is 10.2. The molecule has 1 heterocycles. The second-order valence-corrected chi connectivity index (χ2v) is 4.60. The number of amides is 1. The summed E-state index contributed by atoms with van der Waals surface area (Å²) in [5.41, 5.74) is 0.787. The zero-order valence-electron chi connectivity index (χ0n) is 11.3. The standard InChI is InChI=1S/C15H17NO4/c1-20-13-7-3-2-5-11(13)8-9-14(17)16-10-4-6-12(16)15(18)19/h2-3,5,7-9,12H,4,6,10H2,1H3,(H,18,19)/b9-8+/t12-/m0/s1. The van der Waals surface area contributed by atoms with Gasteiger partial charge in [-0.2, -0.15) is 0 Å². The smallest absolute Gasteiger partial charge is 0.326 e. The normalized spacial score (nSPS) is 18.4. The molecule has 1 aromatic carbocycles. The predicted molar refractivity (Wildman–Crippen MR) is 74.4 cm³/mol.